The molecule has 1 unspecified atom stereocenters. The molecule has 0 bridgehead atoms. The van der Waals surface area contributed by atoms with E-state index in [1.54, 1.807) is 0 Å². The van der Waals surface area contributed by atoms with Gasteiger partial charge in [0.1, 0.15) is 17.7 Å². The lowest BCUT2D eigenvalue weighted by atomic mass is 9.89. The van der Waals surface area contributed by atoms with Crippen molar-refractivity contribution in [2.24, 2.45) is 0 Å². The molecular formula is C12H14F2O2. The van der Waals surface area contributed by atoms with Gasteiger partial charge < -0.3 is 10.2 Å². The van der Waals surface area contributed by atoms with Crippen LogP contribution in [0.4, 0.5) is 8.78 Å². The Labute approximate surface area is 92.5 Å². The van der Waals surface area contributed by atoms with E-state index in [0.717, 1.165) is 25.0 Å². The Hall–Kier alpha value is -1.00. The third-order valence-corrected chi connectivity index (χ3v) is 3.24. The maximum atomic E-state index is 13.4. The van der Waals surface area contributed by atoms with Crippen LogP contribution in [0.2, 0.25) is 0 Å². The Morgan fingerprint density at radius 1 is 1.19 bits per heavy atom. The molecule has 0 heterocycles. The molecule has 0 saturated heterocycles. The van der Waals surface area contributed by atoms with Crippen molar-refractivity contribution in [2.75, 3.05) is 0 Å². The molecular weight excluding hydrogens is 214 g/mol. The molecule has 1 aromatic rings. The normalized spacial score (nSPS) is 21.0. The predicted octanol–water partition coefficient (Wildman–Crippen LogP) is 2.30. The monoisotopic (exact) mass is 228 g/mol. The van der Waals surface area contributed by atoms with E-state index in [2.05, 4.69) is 0 Å². The van der Waals surface area contributed by atoms with Crippen LogP contribution in [0.5, 0.6) is 0 Å². The highest BCUT2D eigenvalue weighted by molar-refractivity contribution is 5.23. The molecule has 4 heteroatoms. The highest BCUT2D eigenvalue weighted by Crippen LogP contribution is 2.40. The molecule has 1 atom stereocenters. The number of hydrogen-bond acceptors (Lipinski definition) is 2. The maximum absolute atomic E-state index is 13.4. The highest BCUT2D eigenvalue weighted by atomic mass is 19.1. The SMILES string of the molecule is OC(c1ccc(F)cc1F)C1(O)CCCC1. The number of aliphatic hydroxyl groups excluding tert-OH is 1. The van der Waals surface area contributed by atoms with Crippen LogP contribution in [-0.4, -0.2) is 15.8 Å². The van der Waals surface area contributed by atoms with E-state index in [0.29, 0.717) is 12.8 Å². The lowest BCUT2D eigenvalue weighted by Gasteiger charge is -2.28. The predicted molar refractivity (Wildman–Crippen MR) is 54.7 cm³/mol. The molecule has 1 saturated carbocycles. The zero-order valence-electron chi connectivity index (χ0n) is 8.79. The summed E-state index contributed by atoms with van der Waals surface area (Å²) in [6.07, 6.45) is 1.25. The Morgan fingerprint density at radius 2 is 1.81 bits per heavy atom. The third-order valence-electron chi connectivity index (χ3n) is 3.24. The molecule has 0 radical (unpaired) electrons. The summed E-state index contributed by atoms with van der Waals surface area (Å²) in [4.78, 5) is 0. The fourth-order valence-electron chi connectivity index (χ4n) is 2.27. The first kappa shape index (κ1) is 11.5. The lowest BCUT2D eigenvalue weighted by Crippen LogP contribution is -2.33. The van der Waals surface area contributed by atoms with Crippen LogP contribution in [0.1, 0.15) is 37.4 Å². The smallest absolute Gasteiger partial charge is 0.132 e. The highest BCUT2D eigenvalue weighted by Gasteiger charge is 2.40. The quantitative estimate of drug-likeness (QED) is 0.815. The van der Waals surface area contributed by atoms with Crippen molar-refractivity contribution in [3.05, 3.63) is 35.4 Å². The van der Waals surface area contributed by atoms with Crippen LogP contribution < -0.4 is 0 Å². The van der Waals surface area contributed by atoms with E-state index in [1.165, 1.54) is 6.07 Å². The van der Waals surface area contributed by atoms with Gasteiger partial charge in [0.15, 0.2) is 0 Å². The topological polar surface area (TPSA) is 40.5 Å². The summed E-state index contributed by atoms with van der Waals surface area (Å²) in [5.74, 6) is -1.50. The fourth-order valence-corrected chi connectivity index (χ4v) is 2.27. The average Bonchev–Trinajstić information content (AvgIpc) is 2.66. The number of benzene rings is 1. The van der Waals surface area contributed by atoms with Gasteiger partial charge >= 0.3 is 0 Å². The van der Waals surface area contributed by atoms with Crippen LogP contribution in [0.25, 0.3) is 0 Å². The zero-order chi connectivity index (χ0) is 11.8. The summed E-state index contributed by atoms with van der Waals surface area (Å²) in [5.41, 5.74) is -1.30. The Balaban J connectivity index is 2.29. The fraction of sp³-hybridized carbons (Fsp3) is 0.500. The standard InChI is InChI=1S/C12H14F2O2/c13-8-3-4-9(10(14)7-8)11(15)12(16)5-1-2-6-12/h3-4,7,11,15-16H,1-2,5-6H2. The molecule has 1 aliphatic rings. The summed E-state index contributed by atoms with van der Waals surface area (Å²) < 4.78 is 26.1. The van der Waals surface area contributed by atoms with E-state index >= 15 is 0 Å². The molecule has 0 aromatic heterocycles. The molecule has 16 heavy (non-hydrogen) atoms. The van der Waals surface area contributed by atoms with Crippen LogP contribution in [-0.2, 0) is 0 Å². The third kappa shape index (κ3) is 1.95. The van der Waals surface area contributed by atoms with Gasteiger partial charge in [0.05, 0.1) is 5.60 Å². The van der Waals surface area contributed by atoms with Crippen molar-refractivity contribution < 1.29 is 19.0 Å². The molecule has 2 N–H and O–H groups in total. The van der Waals surface area contributed by atoms with Crippen molar-refractivity contribution in [3.8, 4) is 0 Å². The largest absolute Gasteiger partial charge is 0.387 e. The zero-order valence-corrected chi connectivity index (χ0v) is 8.79. The van der Waals surface area contributed by atoms with E-state index < -0.39 is 23.3 Å². The van der Waals surface area contributed by atoms with Gasteiger partial charge in [-0.15, -0.1) is 0 Å². The van der Waals surface area contributed by atoms with E-state index in [1.807, 2.05) is 0 Å². The Bertz CT molecular complexity index is 387. The van der Waals surface area contributed by atoms with Crippen LogP contribution in [0, 0.1) is 11.6 Å². The summed E-state index contributed by atoms with van der Waals surface area (Å²) in [5, 5.41) is 20.0. The molecule has 0 aliphatic heterocycles. The van der Waals surface area contributed by atoms with Gasteiger partial charge in [0, 0.05) is 11.6 Å². The minimum absolute atomic E-state index is 0.0363. The minimum atomic E-state index is -1.28. The van der Waals surface area contributed by atoms with Crippen molar-refractivity contribution in [1.82, 2.24) is 0 Å². The van der Waals surface area contributed by atoms with Crippen molar-refractivity contribution >= 4 is 0 Å². The van der Waals surface area contributed by atoms with Crippen LogP contribution in [0.15, 0.2) is 18.2 Å². The van der Waals surface area contributed by atoms with Gasteiger partial charge in [0.25, 0.3) is 0 Å². The summed E-state index contributed by atoms with van der Waals surface area (Å²) in [6.45, 7) is 0. The first-order valence-electron chi connectivity index (χ1n) is 5.38. The maximum Gasteiger partial charge on any atom is 0.132 e. The molecule has 1 aliphatic carbocycles. The molecule has 1 fully saturated rings. The molecule has 1 aromatic carbocycles. The van der Waals surface area contributed by atoms with E-state index in [9.17, 15) is 19.0 Å². The minimum Gasteiger partial charge on any atom is -0.387 e. The van der Waals surface area contributed by atoms with E-state index in [-0.39, 0.29) is 5.56 Å². The van der Waals surface area contributed by atoms with Gasteiger partial charge in [0.2, 0.25) is 0 Å². The molecule has 0 amide bonds. The summed E-state index contributed by atoms with van der Waals surface area (Å²) >= 11 is 0. The van der Waals surface area contributed by atoms with Gasteiger partial charge in [-0.3, -0.25) is 0 Å². The lowest BCUT2D eigenvalue weighted by molar-refractivity contribution is -0.0733. The second-order valence-corrected chi connectivity index (χ2v) is 4.38. The molecule has 0 spiro atoms. The first-order valence-corrected chi connectivity index (χ1v) is 5.38. The Kier molecular flexibility index (Phi) is 2.95. The van der Waals surface area contributed by atoms with Crippen molar-refractivity contribution in [2.45, 2.75) is 37.4 Å². The van der Waals surface area contributed by atoms with E-state index in [4.69, 9.17) is 0 Å². The van der Waals surface area contributed by atoms with Gasteiger partial charge in [-0.05, 0) is 18.9 Å². The second-order valence-electron chi connectivity index (χ2n) is 4.38. The van der Waals surface area contributed by atoms with Gasteiger partial charge in [-0.2, -0.15) is 0 Å². The first-order chi connectivity index (χ1) is 7.53. The summed E-state index contributed by atoms with van der Waals surface area (Å²) in [6, 6.07) is 2.99. The van der Waals surface area contributed by atoms with Crippen LogP contribution in [0.3, 0.4) is 0 Å². The van der Waals surface area contributed by atoms with Gasteiger partial charge in [-0.1, -0.05) is 18.9 Å². The number of halogens is 2. The molecule has 2 nitrogen and oxygen atoms in total. The second kappa shape index (κ2) is 4.11. The van der Waals surface area contributed by atoms with Crippen LogP contribution >= 0.6 is 0 Å². The van der Waals surface area contributed by atoms with Crippen molar-refractivity contribution in [1.29, 1.82) is 0 Å². The number of hydrogen-bond donors (Lipinski definition) is 2. The number of aliphatic hydroxyl groups is 2. The average molecular weight is 228 g/mol. The Morgan fingerprint density at radius 3 is 2.38 bits per heavy atom. The molecule has 88 valence electrons. The van der Waals surface area contributed by atoms with Gasteiger partial charge in [-0.25, -0.2) is 8.78 Å². The van der Waals surface area contributed by atoms with Crippen molar-refractivity contribution in [3.63, 3.8) is 0 Å². The summed E-state index contributed by atoms with van der Waals surface area (Å²) in [7, 11) is 0. The number of rotatable bonds is 2. The molecule has 2 rings (SSSR count).